The highest BCUT2D eigenvalue weighted by molar-refractivity contribution is 5.84. The summed E-state index contributed by atoms with van der Waals surface area (Å²) >= 11 is 0. The van der Waals surface area contributed by atoms with E-state index in [-0.39, 0.29) is 17.9 Å². The maximum Gasteiger partial charge on any atom is 0.231 e. The molecule has 2 unspecified atom stereocenters. The van der Waals surface area contributed by atoms with Gasteiger partial charge >= 0.3 is 0 Å². The van der Waals surface area contributed by atoms with Crippen molar-refractivity contribution >= 4 is 5.91 Å². The average molecular weight is 248 g/mol. The van der Waals surface area contributed by atoms with Crippen LogP contribution in [0.5, 0.6) is 0 Å². The van der Waals surface area contributed by atoms with Crippen LogP contribution >= 0.6 is 0 Å². The van der Waals surface area contributed by atoms with Crippen molar-refractivity contribution in [3.8, 4) is 0 Å². The van der Waals surface area contributed by atoms with Crippen LogP contribution in [0.2, 0.25) is 0 Å². The van der Waals surface area contributed by atoms with Crippen LogP contribution < -0.4 is 5.73 Å². The van der Waals surface area contributed by atoms with E-state index in [9.17, 15) is 4.79 Å². The van der Waals surface area contributed by atoms with Crippen LogP contribution in [-0.4, -0.2) is 29.9 Å². The summed E-state index contributed by atoms with van der Waals surface area (Å²) in [5.74, 6) is -0.0827. The van der Waals surface area contributed by atoms with Gasteiger partial charge in [-0.25, -0.2) is 0 Å². The number of hydrogen-bond acceptors (Lipinski definition) is 2. The van der Waals surface area contributed by atoms with E-state index in [4.69, 9.17) is 5.73 Å². The predicted molar refractivity (Wildman–Crippen MR) is 75.4 cm³/mol. The molecule has 0 bridgehead atoms. The molecule has 0 saturated heterocycles. The summed E-state index contributed by atoms with van der Waals surface area (Å²) in [5, 5.41) is 0. The summed E-state index contributed by atoms with van der Waals surface area (Å²) in [4.78, 5) is 14.5. The number of carbonyl (C=O) groups is 1. The van der Waals surface area contributed by atoms with Crippen molar-refractivity contribution in [1.82, 2.24) is 4.90 Å². The monoisotopic (exact) mass is 248 g/mol. The molecule has 1 rings (SSSR count). The smallest absolute Gasteiger partial charge is 0.231 e. The first-order valence-electron chi connectivity index (χ1n) is 6.71. The van der Waals surface area contributed by atoms with Crippen LogP contribution in [0.1, 0.15) is 38.7 Å². The molecule has 0 aliphatic heterocycles. The van der Waals surface area contributed by atoms with Gasteiger partial charge in [0.2, 0.25) is 5.91 Å². The number of hydrogen-bond donors (Lipinski definition) is 1. The van der Waals surface area contributed by atoms with Crippen LogP contribution in [0.3, 0.4) is 0 Å². The molecular weight excluding hydrogens is 224 g/mol. The predicted octanol–water partition coefficient (Wildman–Crippen LogP) is 2.38. The van der Waals surface area contributed by atoms with E-state index in [1.54, 1.807) is 0 Å². The van der Waals surface area contributed by atoms with E-state index in [2.05, 4.69) is 13.8 Å². The molecule has 1 amide bonds. The number of amides is 1. The van der Waals surface area contributed by atoms with Crippen molar-refractivity contribution < 1.29 is 4.79 Å². The summed E-state index contributed by atoms with van der Waals surface area (Å²) in [6, 6.07) is 10.1. The van der Waals surface area contributed by atoms with Gasteiger partial charge in [0.15, 0.2) is 0 Å². The SMILES string of the molecule is CCC(C)N(CC)C(=O)C(CN)c1ccccc1. The highest BCUT2D eigenvalue weighted by Crippen LogP contribution is 2.19. The Morgan fingerprint density at radius 2 is 1.89 bits per heavy atom. The van der Waals surface area contributed by atoms with E-state index in [1.807, 2.05) is 42.2 Å². The molecule has 100 valence electrons. The van der Waals surface area contributed by atoms with Crippen molar-refractivity contribution in [3.05, 3.63) is 35.9 Å². The van der Waals surface area contributed by atoms with Crippen molar-refractivity contribution in [3.63, 3.8) is 0 Å². The molecule has 1 aromatic carbocycles. The van der Waals surface area contributed by atoms with Crippen LogP contribution in [0, 0.1) is 0 Å². The van der Waals surface area contributed by atoms with Crippen molar-refractivity contribution in [2.75, 3.05) is 13.1 Å². The standard InChI is InChI=1S/C15H24N2O/c1-4-12(3)17(5-2)15(18)14(11-16)13-9-7-6-8-10-13/h6-10,12,14H,4-5,11,16H2,1-3H3. The third-order valence-corrected chi connectivity index (χ3v) is 3.48. The van der Waals surface area contributed by atoms with E-state index in [0.29, 0.717) is 6.54 Å². The summed E-state index contributed by atoms with van der Waals surface area (Å²) in [5.41, 5.74) is 6.80. The molecule has 0 heterocycles. The fourth-order valence-corrected chi connectivity index (χ4v) is 2.17. The summed E-state index contributed by atoms with van der Waals surface area (Å²) in [7, 11) is 0. The minimum atomic E-state index is -0.222. The summed E-state index contributed by atoms with van der Waals surface area (Å²) in [6.07, 6.45) is 0.964. The zero-order valence-electron chi connectivity index (χ0n) is 11.6. The van der Waals surface area contributed by atoms with Gasteiger partial charge in [-0.15, -0.1) is 0 Å². The molecule has 2 atom stereocenters. The largest absolute Gasteiger partial charge is 0.340 e. The maximum atomic E-state index is 12.6. The second-order valence-corrected chi connectivity index (χ2v) is 4.58. The van der Waals surface area contributed by atoms with Crippen LogP contribution in [-0.2, 0) is 4.79 Å². The fraction of sp³-hybridized carbons (Fsp3) is 0.533. The number of nitrogens with zero attached hydrogens (tertiary/aromatic N) is 1. The molecule has 0 fully saturated rings. The molecule has 0 radical (unpaired) electrons. The minimum Gasteiger partial charge on any atom is -0.340 e. The third-order valence-electron chi connectivity index (χ3n) is 3.48. The van der Waals surface area contributed by atoms with Gasteiger partial charge in [-0.1, -0.05) is 37.3 Å². The van der Waals surface area contributed by atoms with Crippen LogP contribution in [0.4, 0.5) is 0 Å². The lowest BCUT2D eigenvalue weighted by atomic mass is 9.97. The normalized spacial score (nSPS) is 14.0. The lowest BCUT2D eigenvalue weighted by molar-refractivity contribution is -0.134. The average Bonchev–Trinajstić information content (AvgIpc) is 2.41. The van der Waals surface area contributed by atoms with Crippen LogP contribution in [0.25, 0.3) is 0 Å². The van der Waals surface area contributed by atoms with Gasteiger partial charge in [-0.05, 0) is 25.8 Å². The first-order chi connectivity index (χ1) is 8.65. The van der Waals surface area contributed by atoms with Gasteiger partial charge in [0.25, 0.3) is 0 Å². The second-order valence-electron chi connectivity index (χ2n) is 4.58. The minimum absolute atomic E-state index is 0.139. The van der Waals surface area contributed by atoms with Gasteiger partial charge in [0.05, 0.1) is 5.92 Å². The molecule has 0 aliphatic rings. The number of carbonyl (C=O) groups excluding carboxylic acids is 1. The third kappa shape index (κ3) is 3.33. The number of nitrogens with two attached hydrogens (primary N) is 1. The van der Waals surface area contributed by atoms with E-state index < -0.39 is 0 Å². The summed E-state index contributed by atoms with van der Waals surface area (Å²) < 4.78 is 0. The van der Waals surface area contributed by atoms with Crippen molar-refractivity contribution in [2.45, 2.75) is 39.2 Å². The number of rotatable bonds is 6. The Bertz CT molecular complexity index is 364. The maximum absolute atomic E-state index is 12.6. The number of benzene rings is 1. The second kappa shape index (κ2) is 7.17. The first-order valence-corrected chi connectivity index (χ1v) is 6.71. The molecule has 0 spiro atoms. The van der Waals surface area contributed by atoms with Crippen molar-refractivity contribution in [1.29, 1.82) is 0 Å². The fourth-order valence-electron chi connectivity index (χ4n) is 2.17. The molecular formula is C15H24N2O. The summed E-state index contributed by atoms with van der Waals surface area (Å²) in [6.45, 7) is 7.29. The number of likely N-dealkylation sites (N-methyl/N-ethyl adjacent to an activating group) is 1. The molecule has 18 heavy (non-hydrogen) atoms. The Labute approximate surface area is 110 Å². The Hall–Kier alpha value is -1.35. The zero-order chi connectivity index (χ0) is 13.5. The van der Waals surface area contributed by atoms with Gasteiger partial charge in [-0.3, -0.25) is 4.79 Å². The lowest BCUT2D eigenvalue weighted by Gasteiger charge is -2.30. The molecule has 3 nitrogen and oxygen atoms in total. The Morgan fingerprint density at radius 3 is 2.33 bits per heavy atom. The van der Waals surface area contributed by atoms with Gasteiger partial charge < -0.3 is 10.6 Å². The van der Waals surface area contributed by atoms with Gasteiger partial charge in [-0.2, -0.15) is 0 Å². The quantitative estimate of drug-likeness (QED) is 0.840. The first kappa shape index (κ1) is 14.7. The Morgan fingerprint density at radius 1 is 1.28 bits per heavy atom. The van der Waals surface area contributed by atoms with E-state index in [1.165, 1.54) is 0 Å². The van der Waals surface area contributed by atoms with E-state index in [0.717, 1.165) is 18.5 Å². The molecule has 0 saturated carbocycles. The molecule has 0 aromatic heterocycles. The highest BCUT2D eigenvalue weighted by atomic mass is 16.2. The van der Waals surface area contributed by atoms with Crippen LogP contribution in [0.15, 0.2) is 30.3 Å². The topological polar surface area (TPSA) is 46.3 Å². The van der Waals surface area contributed by atoms with Gasteiger partial charge in [0.1, 0.15) is 0 Å². The molecule has 1 aromatic rings. The Balaban J connectivity index is 2.91. The van der Waals surface area contributed by atoms with E-state index >= 15 is 0 Å². The zero-order valence-corrected chi connectivity index (χ0v) is 11.6. The Kier molecular flexibility index (Phi) is 5.86. The lowest BCUT2D eigenvalue weighted by Crippen LogP contribution is -2.42. The molecule has 0 aliphatic carbocycles. The molecule has 3 heteroatoms. The van der Waals surface area contributed by atoms with Gasteiger partial charge in [0, 0.05) is 19.1 Å². The highest BCUT2D eigenvalue weighted by Gasteiger charge is 2.26. The molecule has 2 N–H and O–H groups in total. The van der Waals surface area contributed by atoms with Crippen molar-refractivity contribution in [2.24, 2.45) is 5.73 Å².